The lowest BCUT2D eigenvalue weighted by Crippen LogP contribution is -2.35. The highest BCUT2D eigenvalue weighted by Crippen LogP contribution is 2.50. The first-order valence-electron chi connectivity index (χ1n) is 3.32. The van der Waals surface area contributed by atoms with E-state index in [4.69, 9.17) is 20.6 Å². The van der Waals surface area contributed by atoms with Crippen molar-refractivity contribution in [2.24, 2.45) is 11.7 Å². The van der Waals surface area contributed by atoms with Gasteiger partial charge in [-0.25, -0.2) is 0 Å². The molecule has 0 aromatic carbocycles. The van der Waals surface area contributed by atoms with Crippen molar-refractivity contribution in [3.05, 3.63) is 0 Å². The van der Waals surface area contributed by atoms with E-state index < -0.39 is 31.2 Å². The smallest absolute Gasteiger partial charge is 0.325 e. The molecule has 1 aliphatic carbocycles. The zero-order chi connectivity index (χ0) is 9.57. The van der Waals surface area contributed by atoms with Crippen LogP contribution in [-0.2, 0) is 9.36 Å². The molecule has 1 rings (SSSR count). The maximum atomic E-state index is 10.4. The van der Waals surface area contributed by atoms with Gasteiger partial charge in [-0.15, -0.1) is 0 Å². The number of aliphatic carboxylic acids is 1. The Bertz CT molecular complexity index is 261. The first-order valence-corrected chi connectivity index (χ1v) is 5.12. The van der Waals surface area contributed by atoms with E-state index in [0.29, 0.717) is 0 Å². The number of carbonyl (C=O) groups is 1. The van der Waals surface area contributed by atoms with Crippen LogP contribution in [0, 0.1) is 5.92 Å². The van der Waals surface area contributed by atoms with Crippen LogP contribution in [0.15, 0.2) is 0 Å². The fourth-order valence-electron chi connectivity index (χ4n) is 1.13. The van der Waals surface area contributed by atoms with Crippen molar-refractivity contribution in [2.75, 3.05) is 6.16 Å². The molecule has 7 heteroatoms. The number of carboxylic acids is 1. The third-order valence-electron chi connectivity index (χ3n) is 2.01. The van der Waals surface area contributed by atoms with Crippen molar-refractivity contribution in [2.45, 2.75) is 12.0 Å². The largest absolute Gasteiger partial charge is 0.480 e. The van der Waals surface area contributed by atoms with Crippen LogP contribution in [-0.4, -0.2) is 32.6 Å². The lowest BCUT2D eigenvalue weighted by molar-refractivity contribution is -0.139. The maximum Gasteiger partial charge on any atom is 0.325 e. The molecule has 1 aliphatic rings. The Balaban J connectivity index is 2.54. The number of hydrogen-bond donors (Lipinski definition) is 4. The van der Waals surface area contributed by atoms with Gasteiger partial charge >= 0.3 is 13.6 Å². The summed E-state index contributed by atoms with van der Waals surface area (Å²) in [6, 6.07) is 0. The van der Waals surface area contributed by atoms with E-state index in [-0.39, 0.29) is 6.42 Å². The molecule has 0 amide bonds. The molecule has 0 radical (unpaired) electrons. The van der Waals surface area contributed by atoms with Crippen molar-refractivity contribution in [1.82, 2.24) is 0 Å². The molecule has 0 spiro atoms. The Hall–Kier alpha value is -0.420. The Morgan fingerprint density at radius 3 is 2.42 bits per heavy atom. The van der Waals surface area contributed by atoms with Gasteiger partial charge in [0, 0.05) is 5.92 Å². The van der Waals surface area contributed by atoms with E-state index in [2.05, 4.69) is 0 Å². The summed E-state index contributed by atoms with van der Waals surface area (Å²) in [6.45, 7) is 0. The maximum absolute atomic E-state index is 10.4. The Labute approximate surface area is 68.5 Å². The van der Waals surface area contributed by atoms with E-state index in [1.165, 1.54) is 0 Å². The second-order valence-corrected chi connectivity index (χ2v) is 4.79. The van der Waals surface area contributed by atoms with E-state index in [1.807, 2.05) is 0 Å². The summed E-state index contributed by atoms with van der Waals surface area (Å²) in [5.41, 5.74) is 3.90. The lowest BCUT2D eigenvalue weighted by atomic mass is 10.2. The molecule has 5 N–H and O–H groups in total. The number of rotatable bonds is 3. The SMILES string of the molecule is N[C@]1(C(=O)O)C[C@H]1CP(=O)(O)O. The Morgan fingerprint density at radius 1 is 1.67 bits per heavy atom. The third kappa shape index (κ3) is 1.84. The van der Waals surface area contributed by atoms with Gasteiger partial charge in [-0.1, -0.05) is 0 Å². The van der Waals surface area contributed by atoms with Crippen LogP contribution >= 0.6 is 7.60 Å². The lowest BCUT2D eigenvalue weighted by Gasteiger charge is -2.05. The summed E-state index contributed by atoms with van der Waals surface area (Å²) in [6.07, 6.45) is -0.288. The van der Waals surface area contributed by atoms with Gasteiger partial charge < -0.3 is 20.6 Å². The molecule has 0 unspecified atom stereocenters. The molecule has 70 valence electrons. The van der Waals surface area contributed by atoms with Gasteiger partial charge in [0.2, 0.25) is 0 Å². The van der Waals surface area contributed by atoms with Crippen LogP contribution in [0.5, 0.6) is 0 Å². The number of hydrogen-bond acceptors (Lipinski definition) is 3. The van der Waals surface area contributed by atoms with Crippen molar-refractivity contribution < 1.29 is 24.3 Å². The summed E-state index contributed by atoms with van der Waals surface area (Å²) in [5.74, 6) is -1.78. The summed E-state index contributed by atoms with van der Waals surface area (Å²) in [4.78, 5) is 27.4. The Kier molecular flexibility index (Phi) is 2.04. The highest BCUT2D eigenvalue weighted by atomic mass is 31.2. The molecule has 0 aromatic heterocycles. The van der Waals surface area contributed by atoms with Crippen LogP contribution in [0.3, 0.4) is 0 Å². The minimum Gasteiger partial charge on any atom is -0.480 e. The van der Waals surface area contributed by atoms with Gasteiger partial charge in [-0.05, 0) is 6.42 Å². The zero-order valence-electron chi connectivity index (χ0n) is 6.17. The molecular formula is C5H10NO5P. The van der Waals surface area contributed by atoms with Crippen molar-refractivity contribution in [3.63, 3.8) is 0 Å². The van der Waals surface area contributed by atoms with Crippen LogP contribution < -0.4 is 5.73 Å². The summed E-state index contributed by atoms with van der Waals surface area (Å²) in [5, 5.41) is 8.50. The predicted octanol–water partition coefficient (Wildman–Crippen LogP) is -1.03. The third-order valence-corrected chi connectivity index (χ3v) is 2.93. The van der Waals surface area contributed by atoms with Gasteiger partial charge in [0.15, 0.2) is 0 Å². The molecule has 0 saturated heterocycles. The molecule has 0 aliphatic heterocycles. The standard InChI is InChI=1S/C5H10NO5P/c6-5(4(7)8)1-3(5)2-12(9,10)11/h3H,1-2,6H2,(H,7,8)(H2,9,10,11)/t3-,5+/m0/s1. The van der Waals surface area contributed by atoms with Crippen molar-refractivity contribution in [1.29, 1.82) is 0 Å². The van der Waals surface area contributed by atoms with E-state index in [9.17, 15) is 9.36 Å². The molecule has 6 nitrogen and oxygen atoms in total. The summed E-state index contributed by atoms with van der Waals surface area (Å²) in [7, 11) is -4.12. The average molecular weight is 195 g/mol. The van der Waals surface area contributed by atoms with E-state index in [0.717, 1.165) is 0 Å². The predicted molar refractivity (Wildman–Crippen MR) is 39.6 cm³/mol. The normalized spacial score (nSPS) is 34.8. The monoisotopic (exact) mass is 195 g/mol. The highest BCUT2D eigenvalue weighted by Gasteiger charge is 2.59. The first-order chi connectivity index (χ1) is 5.26. The van der Waals surface area contributed by atoms with Crippen LogP contribution in [0.25, 0.3) is 0 Å². The average Bonchev–Trinajstić information content (AvgIpc) is 2.38. The van der Waals surface area contributed by atoms with E-state index in [1.54, 1.807) is 0 Å². The van der Waals surface area contributed by atoms with Gasteiger partial charge in [0.1, 0.15) is 5.54 Å². The zero-order valence-corrected chi connectivity index (χ0v) is 7.07. The minimum atomic E-state index is -4.12. The van der Waals surface area contributed by atoms with Crippen LogP contribution in [0.2, 0.25) is 0 Å². The molecule has 0 bridgehead atoms. The van der Waals surface area contributed by atoms with Gasteiger partial charge in [0.05, 0.1) is 6.16 Å². The molecule has 0 heterocycles. The number of nitrogens with two attached hydrogens (primary N) is 1. The summed E-state index contributed by atoms with van der Waals surface area (Å²) < 4.78 is 10.4. The molecular weight excluding hydrogens is 185 g/mol. The second-order valence-electron chi connectivity index (χ2n) is 3.09. The molecule has 2 atom stereocenters. The topological polar surface area (TPSA) is 121 Å². The fourth-order valence-corrected chi connectivity index (χ4v) is 2.15. The highest BCUT2D eigenvalue weighted by molar-refractivity contribution is 7.51. The molecule has 0 aromatic rings. The van der Waals surface area contributed by atoms with E-state index >= 15 is 0 Å². The second kappa shape index (κ2) is 2.53. The molecule has 1 saturated carbocycles. The van der Waals surface area contributed by atoms with Crippen molar-refractivity contribution >= 4 is 13.6 Å². The fraction of sp³-hybridized carbons (Fsp3) is 0.800. The first kappa shape index (κ1) is 9.67. The molecule has 1 fully saturated rings. The minimum absolute atomic E-state index is 0.146. The van der Waals surface area contributed by atoms with Gasteiger partial charge in [0.25, 0.3) is 0 Å². The summed E-state index contributed by atoms with van der Waals surface area (Å²) >= 11 is 0. The number of carboxylic acid groups (broad SMARTS) is 1. The van der Waals surface area contributed by atoms with Crippen LogP contribution in [0.4, 0.5) is 0 Å². The van der Waals surface area contributed by atoms with Crippen LogP contribution in [0.1, 0.15) is 6.42 Å². The van der Waals surface area contributed by atoms with Gasteiger partial charge in [-0.3, -0.25) is 9.36 Å². The quantitative estimate of drug-likeness (QED) is 0.427. The molecule has 12 heavy (non-hydrogen) atoms. The van der Waals surface area contributed by atoms with Gasteiger partial charge in [-0.2, -0.15) is 0 Å². The Morgan fingerprint density at radius 2 is 2.17 bits per heavy atom. The van der Waals surface area contributed by atoms with Crippen molar-refractivity contribution in [3.8, 4) is 0 Å².